The number of hydrogen-bond acceptors (Lipinski definition) is 3. The Morgan fingerprint density at radius 2 is 1.95 bits per heavy atom. The molecule has 0 unspecified atom stereocenters. The van der Waals surface area contributed by atoms with Crippen molar-refractivity contribution in [1.29, 1.82) is 0 Å². The van der Waals surface area contributed by atoms with E-state index in [4.69, 9.17) is 11.6 Å². The first-order valence-electron chi connectivity index (χ1n) is 6.57. The molecular formula is C15H13ClN2O3S. The number of halogens is 1. The fraction of sp³-hybridized carbons (Fsp3) is 0.133. The van der Waals surface area contributed by atoms with Crippen LogP contribution < -0.4 is 10.0 Å². The van der Waals surface area contributed by atoms with Crippen molar-refractivity contribution in [2.45, 2.75) is 18.2 Å². The van der Waals surface area contributed by atoms with Gasteiger partial charge < -0.3 is 5.32 Å². The monoisotopic (exact) mass is 336 g/mol. The number of carbonyl (C=O) groups excluding carboxylic acids is 1. The second-order valence-corrected chi connectivity index (χ2v) is 7.23. The molecule has 0 radical (unpaired) electrons. The van der Waals surface area contributed by atoms with Crippen molar-refractivity contribution < 1.29 is 13.2 Å². The van der Waals surface area contributed by atoms with Crippen LogP contribution in [0.1, 0.15) is 11.1 Å². The Bertz CT molecular complexity index is 878. The number of benzene rings is 2. The van der Waals surface area contributed by atoms with Gasteiger partial charge in [-0.15, -0.1) is 0 Å². The molecule has 0 aliphatic carbocycles. The summed E-state index contributed by atoms with van der Waals surface area (Å²) in [5, 5.41) is 3.22. The van der Waals surface area contributed by atoms with Gasteiger partial charge in [0.05, 0.1) is 17.0 Å². The highest BCUT2D eigenvalue weighted by atomic mass is 35.5. The number of amides is 1. The van der Waals surface area contributed by atoms with E-state index in [-0.39, 0.29) is 17.2 Å². The lowest BCUT2D eigenvalue weighted by Crippen LogP contribution is -2.14. The average Bonchev–Trinajstić information content (AvgIpc) is 2.81. The molecule has 0 aromatic heterocycles. The van der Waals surface area contributed by atoms with Crippen LogP contribution >= 0.6 is 11.6 Å². The fourth-order valence-electron chi connectivity index (χ4n) is 2.32. The molecule has 1 aliphatic rings. The summed E-state index contributed by atoms with van der Waals surface area (Å²) in [4.78, 5) is 11.5. The Morgan fingerprint density at radius 3 is 2.68 bits per heavy atom. The van der Waals surface area contributed by atoms with Gasteiger partial charge in [-0.2, -0.15) is 0 Å². The van der Waals surface area contributed by atoms with E-state index in [1.807, 2.05) is 0 Å². The first kappa shape index (κ1) is 14.9. The molecule has 2 aromatic carbocycles. The van der Waals surface area contributed by atoms with E-state index in [0.29, 0.717) is 22.0 Å². The van der Waals surface area contributed by atoms with Crippen LogP contribution in [0.5, 0.6) is 0 Å². The van der Waals surface area contributed by atoms with E-state index in [9.17, 15) is 13.2 Å². The van der Waals surface area contributed by atoms with E-state index < -0.39 is 10.0 Å². The average molecular weight is 337 g/mol. The van der Waals surface area contributed by atoms with Crippen molar-refractivity contribution >= 4 is 38.9 Å². The summed E-state index contributed by atoms with van der Waals surface area (Å²) in [7, 11) is -3.72. The summed E-state index contributed by atoms with van der Waals surface area (Å²) in [6.07, 6.45) is 0.193. The molecule has 0 atom stereocenters. The molecule has 0 saturated heterocycles. The molecule has 0 saturated carbocycles. The number of hydrogen-bond donors (Lipinski definition) is 2. The van der Waals surface area contributed by atoms with E-state index in [0.717, 1.165) is 5.56 Å². The van der Waals surface area contributed by atoms with Crippen LogP contribution in [0.25, 0.3) is 0 Å². The minimum absolute atomic E-state index is 0.122. The molecular weight excluding hydrogens is 324 g/mol. The second-order valence-electron chi connectivity index (χ2n) is 5.11. The lowest BCUT2D eigenvalue weighted by Gasteiger charge is -2.11. The van der Waals surface area contributed by atoms with Crippen LogP contribution in [0, 0.1) is 6.92 Å². The third-order valence-corrected chi connectivity index (χ3v) is 5.04. The van der Waals surface area contributed by atoms with Gasteiger partial charge in [-0.05, 0) is 54.4 Å². The molecule has 1 heterocycles. The summed E-state index contributed by atoms with van der Waals surface area (Å²) in [6, 6.07) is 9.51. The van der Waals surface area contributed by atoms with Gasteiger partial charge in [0, 0.05) is 10.7 Å². The zero-order valence-corrected chi connectivity index (χ0v) is 13.3. The van der Waals surface area contributed by atoms with Crippen molar-refractivity contribution in [3.05, 3.63) is 52.5 Å². The van der Waals surface area contributed by atoms with Gasteiger partial charge in [0.15, 0.2) is 0 Å². The number of rotatable bonds is 3. The van der Waals surface area contributed by atoms with Gasteiger partial charge in [0.1, 0.15) is 0 Å². The van der Waals surface area contributed by atoms with Crippen molar-refractivity contribution in [2.24, 2.45) is 0 Å². The Hall–Kier alpha value is -2.05. The van der Waals surface area contributed by atoms with Gasteiger partial charge in [-0.1, -0.05) is 11.6 Å². The van der Waals surface area contributed by atoms with Crippen molar-refractivity contribution in [1.82, 2.24) is 0 Å². The number of fused-ring (bicyclic) bond motifs is 1. The van der Waals surface area contributed by atoms with E-state index in [1.54, 1.807) is 31.2 Å². The minimum Gasteiger partial charge on any atom is -0.326 e. The number of aryl methyl sites for hydroxylation is 1. The smallest absolute Gasteiger partial charge is 0.261 e. The lowest BCUT2D eigenvalue weighted by molar-refractivity contribution is -0.115. The summed E-state index contributed by atoms with van der Waals surface area (Å²) >= 11 is 5.87. The highest BCUT2D eigenvalue weighted by molar-refractivity contribution is 7.92. The standard InChI is InChI=1S/C15H13ClN2O3S/c1-9-6-11(16)2-4-13(9)18-22(20,21)12-3-5-14-10(7-12)8-15(19)17-14/h2-7,18H,8H2,1H3,(H,17,19). The number of carbonyl (C=O) groups is 1. The zero-order valence-electron chi connectivity index (χ0n) is 11.7. The SMILES string of the molecule is Cc1cc(Cl)ccc1NS(=O)(=O)c1ccc2c(c1)CC(=O)N2. The molecule has 5 nitrogen and oxygen atoms in total. The Morgan fingerprint density at radius 1 is 1.18 bits per heavy atom. The zero-order chi connectivity index (χ0) is 15.9. The topological polar surface area (TPSA) is 75.3 Å². The van der Waals surface area contributed by atoms with Gasteiger partial charge in [0.25, 0.3) is 10.0 Å². The number of sulfonamides is 1. The minimum atomic E-state index is -3.72. The largest absolute Gasteiger partial charge is 0.326 e. The Labute approximate surface area is 133 Å². The molecule has 0 fully saturated rings. The van der Waals surface area contributed by atoms with Gasteiger partial charge in [-0.25, -0.2) is 8.42 Å². The molecule has 22 heavy (non-hydrogen) atoms. The normalized spacial score (nSPS) is 13.6. The Balaban J connectivity index is 1.94. The first-order valence-corrected chi connectivity index (χ1v) is 8.43. The van der Waals surface area contributed by atoms with E-state index in [1.165, 1.54) is 12.1 Å². The van der Waals surface area contributed by atoms with Gasteiger partial charge in [0.2, 0.25) is 5.91 Å². The predicted molar refractivity (Wildman–Crippen MR) is 85.8 cm³/mol. The van der Waals surface area contributed by atoms with Gasteiger partial charge in [-0.3, -0.25) is 9.52 Å². The van der Waals surface area contributed by atoms with E-state index in [2.05, 4.69) is 10.0 Å². The quantitative estimate of drug-likeness (QED) is 0.904. The summed E-state index contributed by atoms with van der Waals surface area (Å²) in [5.74, 6) is -0.133. The fourth-order valence-corrected chi connectivity index (χ4v) is 3.73. The maximum absolute atomic E-state index is 12.5. The van der Waals surface area contributed by atoms with Crippen LogP contribution in [0.4, 0.5) is 11.4 Å². The summed E-state index contributed by atoms with van der Waals surface area (Å²) in [5.41, 5.74) is 2.54. The third-order valence-electron chi connectivity index (χ3n) is 3.44. The lowest BCUT2D eigenvalue weighted by atomic mass is 10.2. The molecule has 0 spiro atoms. The summed E-state index contributed by atoms with van der Waals surface area (Å²) < 4.78 is 27.5. The van der Waals surface area contributed by atoms with Crippen molar-refractivity contribution in [3.63, 3.8) is 0 Å². The van der Waals surface area contributed by atoms with Crippen LogP contribution in [0.2, 0.25) is 5.02 Å². The summed E-state index contributed by atoms with van der Waals surface area (Å²) in [6.45, 7) is 1.77. The molecule has 0 bridgehead atoms. The maximum atomic E-state index is 12.5. The molecule has 114 valence electrons. The molecule has 2 N–H and O–H groups in total. The van der Waals surface area contributed by atoms with Gasteiger partial charge >= 0.3 is 0 Å². The molecule has 3 rings (SSSR count). The van der Waals surface area contributed by atoms with Crippen molar-refractivity contribution in [2.75, 3.05) is 10.0 Å². The van der Waals surface area contributed by atoms with Crippen LogP contribution in [-0.4, -0.2) is 14.3 Å². The Kier molecular flexibility index (Phi) is 3.58. The molecule has 1 aliphatic heterocycles. The third kappa shape index (κ3) is 2.80. The molecule has 2 aromatic rings. The number of anilines is 2. The number of nitrogens with one attached hydrogen (secondary N) is 2. The molecule has 7 heteroatoms. The highest BCUT2D eigenvalue weighted by Crippen LogP contribution is 2.28. The van der Waals surface area contributed by atoms with Crippen molar-refractivity contribution in [3.8, 4) is 0 Å². The maximum Gasteiger partial charge on any atom is 0.261 e. The predicted octanol–water partition coefficient (Wildman–Crippen LogP) is 2.94. The van der Waals surface area contributed by atoms with Crippen LogP contribution in [0.3, 0.4) is 0 Å². The van der Waals surface area contributed by atoms with Crippen LogP contribution in [-0.2, 0) is 21.2 Å². The first-order chi connectivity index (χ1) is 10.3. The van der Waals surface area contributed by atoms with Crippen LogP contribution in [0.15, 0.2) is 41.3 Å². The molecule has 1 amide bonds. The van der Waals surface area contributed by atoms with E-state index >= 15 is 0 Å². The highest BCUT2D eigenvalue weighted by Gasteiger charge is 2.22. The second kappa shape index (κ2) is 5.30.